The molecule has 0 unspecified atom stereocenters. The average Bonchev–Trinajstić information content (AvgIpc) is 2.40. The molecule has 2 nitrogen and oxygen atoms in total. The van der Waals surface area contributed by atoms with Crippen LogP contribution in [-0.4, -0.2) is 38.1 Å². The molecule has 108 valence electrons. The van der Waals surface area contributed by atoms with Crippen LogP contribution in [0.3, 0.4) is 0 Å². The summed E-state index contributed by atoms with van der Waals surface area (Å²) >= 11 is 0. The fourth-order valence-corrected chi connectivity index (χ4v) is 3.54. The molecule has 1 aliphatic carbocycles. The topological polar surface area (TPSA) is 15.3 Å². The number of nitrogens with zero attached hydrogens (tertiary/aromatic N) is 1. The largest absolute Gasteiger partial charge is 0.319 e. The van der Waals surface area contributed by atoms with E-state index in [1.54, 1.807) is 0 Å². The van der Waals surface area contributed by atoms with Crippen molar-refractivity contribution >= 4 is 12.4 Å². The van der Waals surface area contributed by atoms with E-state index in [-0.39, 0.29) is 12.4 Å². The number of rotatable bonds is 5. The summed E-state index contributed by atoms with van der Waals surface area (Å²) in [6.07, 6.45) is 11.8. The van der Waals surface area contributed by atoms with E-state index in [0.29, 0.717) is 0 Å². The number of halogens is 1. The number of likely N-dealkylation sites (tertiary alicyclic amines) is 1. The quantitative estimate of drug-likeness (QED) is 0.828. The van der Waals surface area contributed by atoms with E-state index in [9.17, 15) is 0 Å². The molecule has 1 heterocycles. The minimum atomic E-state index is 0. The molecule has 2 aliphatic rings. The minimum Gasteiger partial charge on any atom is -0.319 e. The highest BCUT2D eigenvalue weighted by atomic mass is 35.5. The molecule has 0 radical (unpaired) electrons. The normalized spacial score (nSPS) is 23.8. The average molecular weight is 275 g/mol. The van der Waals surface area contributed by atoms with E-state index < -0.39 is 0 Å². The van der Waals surface area contributed by atoms with Gasteiger partial charge in [0.2, 0.25) is 0 Å². The first kappa shape index (κ1) is 16.3. The number of hydrogen-bond donors (Lipinski definition) is 1. The Kier molecular flexibility index (Phi) is 8.28. The van der Waals surface area contributed by atoms with Gasteiger partial charge in [-0.2, -0.15) is 0 Å². The fraction of sp³-hybridized carbons (Fsp3) is 1.00. The van der Waals surface area contributed by atoms with E-state index in [2.05, 4.69) is 17.3 Å². The molecule has 0 bridgehead atoms. The fourth-order valence-electron chi connectivity index (χ4n) is 3.54. The summed E-state index contributed by atoms with van der Waals surface area (Å²) in [7, 11) is 2.08. The highest BCUT2D eigenvalue weighted by Crippen LogP contribution is 2.27. The predicted octanol–water partition coefficient (Wildman–Crippen LogP) is 3.31. The Morgan fingerprint density at radius 1 is 0.944 bits per heavy atom. The molecule has 0 amide bonds. The summed E-state index contributed by atoms with van der Waals surface area (Å²) in [6, 6.07) is 0. The van der Waals surface area contributed by atoms with E-state index in [4.69, 9.17) is 0 Å². The van der Waals surface area contributed by atoms with Gasteiger partial charge in [-0.05, 0) is 64.3 Å². The van der Waals surface area contributed by atoms with Crippen molar-refractivity contribution in [3.8, 4) is 0 Å². The second-order valence-corrected chi connectivity index (χ2v) is 6.14. The van der Waals surface area contributed by atoms with E-state index in [1.807, 2.05) is 0 Å². The summed E-state index contributed by atoms with van der Waals surface area (Å²) in [5.74, 6) is 1.99. The Hall–Kier alpha value is 0.210. The number of piperidine rings is 1. The number of nitrogens with one attached hydrogen (secondary N) is 1. The van der Waals surface area contributed by atoms with Crippen LogP contribution in [0.25, 0.3) is 0 Å². The Labute approximate surface area is 119 Å². The molecule has 1 aliphatic heterocycles. The van der Waals surface area contributed by atoms with Crippen LogP contribution in [-0.2, 0) is 0 Å². The van der Waals surface area contributed by atoms with Crippen LogP contribution in [0.5, 0.6) is 0 Å². The molecular formula is C15H31ClN2. The van der Waals surface area contributed by atoms with Crippen LogP contribution >= 0.6 is 12.4 Å². The summed E-state index contributed by atoms with van der Waals surface area (Å²) < 4.78 is 0. The van der Waals surface area contributed by atoms with Gasteiger partial charge < -0.3 is 10.2 Å². The Balaban J connectivity index is 0.00000162. The Bertz CT molecular complexity index is 197. The molecule has 3 heteroatoms. The molecule has 18 heavy (non-hydrogen) atoms. The maximum absolute atomic E-state index is 3.32. The van der Waals surface area contributed by atoms with Crippen molar-refractivity contribution in [1.82, 2.24) is 10.2 Å². The standard InChI is InChI=1S/C15H30N2.ClH/c1-16-13-15-8-11-17(12-9-15)10-7-14-5-3-2-4-6-14;/h14-16H,2-13H2,1H3;1H. The molecule has 2 fully saturated rings. The highest BCUT2D eigenvalue weighted by molar-refractivity contribution is 5.85. The third-order valence-electron chi connectivity index (χ3n) is 4.78. The summed E-state index contributed by atoms with van der Waals surface area (Å²) in [4.78, 5) is 2.71. The molecular weight excluding hydrogens is 244 g/mol. The predicted molar refractivity (Wildman–Crippen MR) is 81.5 cm³/mol. The van der Waals surface area contributed by atoms with E-state index in [1.165, 1.54) is 77.5 Å². The van der Waals surface area contributed by atoms with E-state index >= 15 is 0 Å². The maximum Gasteiger partial charge on any atom is -0.00156 e. The molecule has 0 aromatic carbocycles. The zero-order valence-electron chi connectivity index (χ0n) is 12.0. The third kappa shape index (κ3) is 5.46. The molecule has 2 rings (SSSR count). The number of hydrogen-bond acceptors (Lipinski definition) is 2. The second-order valence-electron chi connectivity index (χ2n) is 6.14. The highest BCUT2D eigenvalue weighted by Gasteiger charge is 2.20. The van der Waals surface area contributed by atoms with Gasteiger partial charge in [0.1, 0.15) is 0 Å². The summed E-state index contributed by atoms with van der Waals surface area (Å²) in [5.41, 5.74) is 0. The van der Waals surface area contributed by atoms with Gasteiger partial charge in [0, 0.05) is 0 Å². The lowest BCUT2D eigenvalue weighted by Crippen LogP contribution is -2.37. The van der Waals surface area contributed by atoms with Crippen molar-refractivity contribution in [3.63, 3.8) is 0 Å². The van der Waals surface area contributed by atoms with Gasteiger partial charge in [0.25, 0.3) is 0 Å². The van der Waals surface area contributed by atoms with Gasteiger partial charge in [0.05, 0.1) is 0 Å². The van der Waals surface area contributed by atoms with Crippen LogP contribution in [0, 0.1) is 11.8 Å². The van der Waals surface area contributed by atoms with Crippen molar-refractivity contribution in [2.75, 3.05) is 33.2 Å². The van der Waals surface area contributed by atoms with Gasteiger partial charge in [-0.3, -0.25) is 0 Å². The van der Waals surface area contributed by atoms with Crippen LogP contribution in [0.2, 0.25) is 0 Å². The second kappa shape index (κ2) is 9.17. The van der Waals surface area contributed by atoms with Crippen LogP contribution in [0.4, 0.5) is 0 Å². The molecule has 0 aromatic rings. The molecule has 0 spiro atoms. The van der Waals surface area contributed by atoms with Crippen molar-refractivity contribution in [3.05, 3.63) is 0 Å². The zero-order valence-corrected chi connectivity index (χ0v) is 12.8. The van der Waals surface area contributed by atoms with Gasteiger partial charge in [0.15, 0.2) is 0 Å². The molecule has 1 N–H and O–H groups in total. The lowest BCUT2D eigenvalue weighted by atomic mass is 9.86. The van der Waals surface area contributed by atoms with E-state index in [0.717, 1.165) is 11.8 Å². The molecule has 1 saturated heterocycles. The first-order chi connectivity index (χ1) is 8.38. The van der Waals surface area contributed by atoms with Gasteiger partial charge in [-0.15, -0.1) is 12.4 Å². The SMILES string of the molecule is CNCC1CCN(CCC2CCCCC2)CC1.Cl. The summed E-state index contributed by atoms with van der Waals surface area (Å²) in [5, 5.41) is 3.32. The van der Waals surface area contributed by atoms with Gasteiger partial charge >= 0.3 is 0 Å². The Morgan fingerprint density at radius 3 is 2.22 bits per heavy atom. The van der Waals surface area contributed by atoms with Gasteiger partial charge in [-0.25, -0.2) is 0 Å². The van der Waals surface area contributed by atoms with Crippen molar-refractivity contribution in [1.29, 1.82) is 0 Å². The zero-order chi connectivity index (χ0) is 11.9. The van der Waals surface area contributed by atoms with Crippen LogP contribution in [0.1, 0.15) is 51.4 Å². The molecule has 1 saturated carbocycles. The smallest absolute Gasteiger partial charge is 0.00156 e. The monoisotopic (exact) mass is 274 g/mol. The van der Waals surface area contributed by atoms with Crippen molar-refractivity contribution in [2.24, 2.45) is 11.8 Å². The third-order valence-corrected chi connectivity index (χ3v) is 4.78. The summed E-state index contributed by atoms with van der Waals surface area (Å²) in [6.45, 7) is 5.28. The maximum atomic E-state index is 3.32. The van der Waals surface area contributed by atoms with Crippen molar-refractivity contribution in [2.45, 2.75) is 51.4 Å². The first-order valence-electron chi connectivity index (χ1n) is 7.75. The first-order valence-corrected chi connectivity index (χ1v) is 7.75. The Morgan fingerprint density at radius 2 is 1.61 bits per heavy atom. The minimum absolute atomic E-state index is 0. The van der Waals surface area contributed by atoms with Crippen LogP contribution in [0.15, 0.2) is 0 Å². The molecule has 0 atom stereocenters. The lowest BCUT2D eigenvalue weighted by molar-refractivity contribution is 0.167. The van der Waals surface area contributed by atoms with Crippen molar-refractivity contribution < 1.29 is 0 Å². The lowest BCUT2D eigenvalue weighted by Gasteiger charge is -2.33. The van der Waals surface area contributed by atoms with Crippen LogP contribution < -0.4 is 5.32 Å². The molecule has 0 aromatic heterocycles. The van der Waals surface area contributed by atoms with Gasteiger partial charge in [-0.1, -0.05) is 32.1 Å².